The second kappa shape index (κ2) is 8.64. The van der Waals surface area contributed by atoms with Crippen molar-refractivity contribution in [1.82, 2.24) is 4.90 Å². The van der Waals surface area contributed by atoms with E-state index in [1.54, 1.807) is 6.07 Å². The summed E-state index contributed by atoms with van der Waals surface area (Å²) in [6, 6.07) is 4.79. The first kappa shape index (κ1) is 21.1. The molecule has 0 spiro atoms. The zero-order valence-corrected chi connectivity index (χ0v) is 17.0. The summed E-state index contributed by atoms with van der Waals surface area (Å²) in [6.07, 6.45) is -2.33. The molecule has 3 rings (SSSR count). The lowest BCUT2D eigenvalue weighted by molar-refractivity contribution is -0.138. The summed E-state index contributed by atoms with van der Waals surface area (Å²) < 4.78 is 45.7. The van der Waals surface area contributed by atoms with E-state index in [9.17, 15) is 13.2 Å². The number of hydrogen-bond acceptors (Lipinski definition) is 3. The Morgan fingerprint density at radius 1 is 1.31 bits per heavy atom. The zero-order chi connectivity index (χ0) is 18.0. The van der Waals surface area contributed by atoms with Crippen molar-refractivity contribution in [3.05, 3.63) is 29.3 Å². The van der Waals surface area contributed by atoms with Gasteiger partial charge >= 0.3 is 6.18 Å². The van der Waals surface area contributed by atoms with Crippen molar-refractivity contribution in [3.63, 3.8) is 0 Å². The fourth-order valence-corrected chi connectivity index (χ4v) is 2.91. The highest BCUT2D eigenvalue weighted by Crippen LogP contribution is 2.35. The highest BCUT2D eigenvalue weighted by atomic mass is 127. The van der Waals surface area contributed by atoms with E-state index in [0.717, 1.165) is 12.8 Å². The van der Waals surface area contributed by atoms with E-state index in [1.807, 2.05) is 16.8 Å². The van der Waals surface area contributed by atoms with Crippen molar-refractivity contribution < 1.29 is 17.9 Å². The summed E-state index contributed by atoms with van der Waals surface area (Å²) in [5.74, 6) is 0.285. The van der Waals surface area contributed by atoms with Crippen LogP contribution in [-0.4, -0.2) is 50.3 Å². The second-order valence-electron chi connectivity index (χ2n) is 6.46. The van der Waals surface area contributed by atoms with Crippen LogP contribution in [0.3, 0.4) is 0 Å². The van der Waals surface area contributed by atoms with Gasteiger partial charge in [0.2, 0.25) is 0 Å². The Balaban J connectivity index is 0.00000243. The van der Waals surface area contributed by atoms with Gasteiger partial charge in [-0.3, -0.25) is 0 Å². The molecule has 0 radical (unpaired) electrons. The van der Waals surface area contributed by atoms with Gasteiger partial charge < -0.3 is 20.3 Å². The molecule has 1 aromatic rings. The Labute approximate surface area is 168 Å². The molecule has 0 unspecified atom stereocenters. The summed E-state index contributed by atoms with van der Waals surface area (Å²) in [4.78, 5) is 7.89. The minimum atomic E-state index is -4.43. The fraction of sp³-hybridized carbons (Fsp3) is 0.588. The van der Waals surface area contributed by atoms with Crippen molar-refractivity contribution in [2.75, 3.05) is 38.3 Å². The average Bonchev–Trinajstić information content (AvgIpc) is 3.44. The predicted octanol–water partition coefficient (Wildman–Crippen LogP) is 3.07. The molecule has 0 bridgehead atoms. The third-order valence-electron chi connectivity index (χ3n) is 4.64. The Kier molecular flexibility index (Phi) is 7.00. The van der Waals surface area contributed by atoms with Gasteiger partial charge in [0.25, 0.3) is 0 Å². The molecule has 1 saturated carbocycles. The molecule has 1 aromatic carbocycles. The summed E-state index contributed by atoms with van der Waals surface area (Å²) in [7, 11) is 1.82. The molecule has 1 saturated heterocycles. The van der Waals surface area contributed by atoms with Crippen LogP contribution >= 0.6 is 24.0 Å². The number of anilines is 1. The Morgan fingerprint density at radius 2 is 1.96 bits per heavy atom. The SMILES string of the molecule is CN(C(N)=NCc1ccc(N2CCOCC2)cc1C(F)(F)F)C1CC1.I. The molecular weight excluding hydrogens is 460 g/mol. The highest BCUT2D eigenvalue weighted by Gasteiger charge is 2.34. The lowest BCUT2D eigenvalue weighted by Gasteiger charge is -2.29. The van der Waals surface area contributed by atoms with Crippen LogP contribution in [0.25, 0.3) is 0 Å². The number of guanidine groups is 1. The summed E-state index contributed by atoms with van der Waals surface area (Å²) in [5.41, 5.74) is 5.93. The minimum Gasteiger partial charge on any atom is -0.378 e. The third kappa shape index (κ3) is 5.15. The molecule has 2 aliphatic rings. The van der Waals surface area contributed by atoms with E-state index in [0.29, 0.717) is 38.0 Å². The van der Waals surface area contributed by atoms with Gasteiger partial charge in [-0.25, -0.2) is 4.99 Å². The molecule has 2 fully saturated rings. The Bertz CT molecular complexity index is 643. The summed E-state index contributed by atoms with van der Waals surface area (Å²) >= 11 is 0. The van der Waals surface area contributed by atoms with E-state index >= 15 is 0 Å². The van der Waals surface area contributed by atoms with Gasteiger partial charge in [0.05, 0.1) is 25.3 Å². The smallest absolute Gasteiger partial charge is 0.378 e. The Morgan fingerprint density at radius 3 is 2.54 bits per heavy atom. The highest BCUT2D eigenvalue weighted by molar-refractivity contribution is 14.0. The molecule has 9 heteroatoms. The second-order valence-corrected chi connectivity index (χ2v) is 6.46. The number of halogens is 4. The molecule has 2 N–H and O–H groups in total. The fourth-order valence-electron chi connectivity index (χ4n) is 2.91. The van der Waals surface area contributed by atoms with Crippen LogP contribution in [0.15, 0.2) is 23.2 Å². The molecular formula is C17H24F3IN4O. The minimum absolute atomic E-state index is 0. The topological polar surface area (TPSA) is 54.1 Å². The van der Waals surface area contributed by atoms with Crippen molar-refractivity contribution in [1.29, 1.82) is 0 Å². The van der Waals surface area contributed by atoms with Crippen molar-refractivity contribution in [3.8, 4) is 0 Å². The first-order valence-corrected chi connectivity index (χ1v) is 8.42. The number of benzene rings is 1. The monoisotopic (exact) mass is 484 g/mol. The Hall–Kier alpha value is -1.23. The number of nitrogens with zero attached hydrogens (tertiary/aromatic N) is 3. The first-order chi connectivity index (χ1) is 11.9. The molecule has 1 aliphatic heterocycles. The molecule has 1 aliphatic carbocycles. The van der Waals surface area contributed by atoms with E-state index in [1.165, 1.54) is 12.1 Å². The van der Waals surface area contributed by atoms with Crippen molar-refractivity contribution in [2.24, 2.45) is 10.7 Å². The van der Waals surface area contributed by atoms with Gasteiger partial charge in [-0.05, 0) is 30.5 Å². The quantitative estimate of drug-likeness (QED) is 0.406. The van der Waals surface area contributed by atoms with E-state index in [-0.39, 0.29) is 42.0 Å². The van der Waals surface area contributed by atoms with Gasteiger partial charge in [0.1, 0.15) is 0 Å². The molecule has 5 nitrogen and oxygen atoms in total. The van der Waals surface area contributed by atoms with Crippen LogP contribution in [0.4, 0.5) is 18.9 Å². The van der Waals surface area contributed by atoms with Crippen LogP contribution in [0.5, 0.6) is 0 Å². The first-order valence-electron chi connectivity index (χ1n) is 8.42. The molecule has 0 aromatic heterocycles. The maximum Gasteiger partial charge on any atom is 0.416 e. The van der Waals surface area contributed by atoms with Crippen LogP contribution < -0.4 is 10.6 Å². The third-order valence-corrected chi connectivity index (χ3v) is 4.64. The summed E-state index contributed by atoms with van der Waals surface area (Å²) in [6.45, 7) is 2.15. The van der Waals surface area contributed by atoms with Crippen LogP contribution in [-0.2, 0) is 17.5 Å². The number of ether oxygens (including phenoxy) is 1. The maximum atomic E-state index is 13.5. The van der Waals surface area contributed by atoms with Crippen molar-refractivity contribution >= 4 is 35.6 Å². The van der Waals surface area contributed by atoms with Gasteiger partial charge in [-0.15, -0.1) is 24.0 Å². The zero-order valence-electron chi connectivity index (χ0n) is 14.6. The van der Waals surface area contributed by atoms with Gasteiger partial charge in [-0.2, -0.15) is 13.2 Å². The maximum absolute atomic E-state index is 13.5. The van der Waals surface area contributed by atoms with Crippen LogP contribution in [0.1, 0.15) is 24.0 Å². The number of alkyl halides is 3. The van der Waals surface area contributed by atoms with Gasteiger partial charge in [0, 0.05) is 31.9 Å². The normalized spacial score (nSPS) is 18.5. The van der Waals surface area contributed by atoms with Crippen molar-refractivity contribution in [2.45, 2.75) is 31.6 Å². The number of rotatable bonds is 4. The van der Waals surface area contributed by atoms with E-state index in [4.69, 9.17) is 10.5 Å². The lowest BCUT2D eigenvalue weighted by atomic mass is 10.1. The molecule has 0 amide bonds. The molecule has 146 valence electrons. The van der Waals surface area contributed by atoms with Gasteiger partial charge in [0.15, 0.2) is 5.96 Å². The average molecular weight is 484 g/mol. The van der Waals surface area contributed by atoms with Gasteiger partial charge in [-0.1, -0.05) is 6.07 Å². The van der Waals surface area contributed by atoms with E-state index < -0.39 is 11.7 Å². The van der Waals surface area contributed by atoms with E-state index in [2.05, 4.69) is 4.99 Å². The summed E-state index contributed by atoms with van der Waals surface area (Å²) in [5, 5.41) is 0. The van der Waals surface area contributed by atoms with Crippen LogP contribution in [0, 0.1) is 0 Å². The number of morpholine rings is 1. The molecule has 1 heterocycles. The largest absolute Gasteiger partial charge is 0.416 e. The number of hydrogen-bond donors (Lipinski definition) is 1. The molecule has 26 heavy (non-hydrogen) atoms. The number of nitrogens with two attached hydrogens (primary N) is 1. The predicted molar refractivity (Wildman–Crippen MR) is 106 cm³/mol. The lowest BCUT2D eigenvalue weighted by Crippen LogP contribution is -2.36. The number of aliphatic imine (C=N–C) groups is 1. The molecule has 0 atom stereocenters. The van der Waals surface area contributed by atoms with Crippen LogP contribution in [0.2, 0.25) is 0 Å². The standard InChI is InChI=1S/C17H23F3N4O.HI/c1-23(13-4-5-13)16(21)22-11-12-2-3-14(10-15(12)17(18,19)20)24-6-8-25-9-7-24;/h2-3,10,13H,4-9,11H2,1H3,(H2,21,22);1H.